The van der Waals surface area contributed by atoms with Gasteiger partial charge in [0.25, 0.3) is 0 Å². The summed E-state index contributed by atoms with van der Waals surface area (Å²) in [6.07, 6.45) is 5.40. The second kappa shape index (κ2) is 11.8. The predicted molar refractivity (Wildman–Crippen MR) is 108 cm³/mol. The number of thioether (sulfide) groups is 1. The fraction of sp³-hybridized carbons (Fsp3) is 0.737. The molecule has 1 unspecified atom stereocenters. The first kappa shape index (κ1) is 22.4. The van der Waals surface area contributed by atoms with Crippen molar-refractivity contribution >= 4 is 29.9 Å². The number of hydrogen-bond donors (Lipinski definition) is 2. The van der Waals surface area contributed by atoms with Crippen LogP contribution in [0.4, 0.5) is 9.59 Å². The number of nitrogens with zero attached hydrogens (tertiary/aromatic N) is 1. The molecule has 0 aromatic heterocycles. The van der Waals surface area contributed by atoms with Crippen LogP contribution < -0.4 is 10.6 Å². The third-order valence-electron chi connectivity index (χ3n) is 4.84. The standard InChI is InChI=1S/C19H31N3O5S/c1-3-27-19(25)21-17-14(20-18(24)26-2)13-28-15(17)9-5-6-10-16(23)22-11-7-4-8-12-22/h15H,3-13H2,1-2H3,(H,20,24)(H,21,25). The van der Waals surface area contributed by atoms with Crippen LogP contribution in [0.2, 0.25) is 0 Å². The first-order chi connectivity index (χ1) is 13.5. The quantitative estimate of drug-likeness (QED) is 0.594. The lowest BCUT2D eigenvalue weighted by Gasteiger charge is -2.26. The minimum atomic E-state index is -0.563. The molecule has 1 fully saturated rings. The second-order valence-electron chi connectivity index (χ2n) is 6.84. The van der Waals surface area contributed by atoms with Crippen molar-refractivity contribution in [3.05, 3.63) is 11.4 Å². The summed E-state index contributed by atoms with van der Waals surface area (Å²) in [4.78, 5) is 37.7. The van der Waals surface area contributed by atoms with E-state index in [1.807, 2.05) is 4.90 Å². The Bertz CT molecular complexity index is 590. The van der Waals surface area contributed by atoms with Crippen LogP contribution in [-0.2, 0) is 14.3 Å². The number of nitrogens with one attached hydrogen (secondary N) is 2. The molecule has 1 atom stereocenters. The molecule has 0 saturated carbocycles. The molecule has 9 heteroatoms. The van der Waals surface area contributed by atoms with Gasteiger partial charge in [0.2, 0.25) is 5.91 Å². The molecule has 2 aliphatic rings. The highest BCUT2D eigenvalue weighted by molar-refractivity contribution is 8.00. The number of ether oxygens (including phenoxy) is 2. The minimum Gasteiger partial charge on any atom is -0.453 e. The highest BCUT2D eigenvalue weighted by atomic mass is 32.2. The fourth-order valence-electron chi connectivity index (χ4n) is 3.39. The van der Waals surface area contributed by atoms with E-state index in [4.69, 9.17) is 4.74 Å². The Balaban J connectivity index is 1.84. The molecular weight excluding hydrogens is 382 g/mol. The van der Waals surface area contributed by atoms with E-state index in [9.17, 15) is 14.4 Å². The van der Waals surface area contributed by atoms with Crippen molar-refractivity contribution in [2.24, 2.45) is 0 Å². The topological polar surface area (TPSA) is 97.0 Å². The van der Waals surface area contributed by atoms with Gasteiger partial charge >= 0.3 is 12.2 Å². The fourth-order valence-corrected chi connectivity index (χ4v) is 4.68. The number of methoxy groups -OCH3 is 1. The molecule has 158 valence electrons. The summed E-state index contributed by atoms with van der Waals surface area (Å²) in [7, 11) is 1.30. The van der Waals surface area contributed by atoms with Crippen molar-refractivity contribution in [1.29, 1.82) is 0 Å². The van der Waals surface area contributed by atoms with Crippen LogP contribution in [0.1, 0.15) is 51.9 Å². The van der Waals surface area contributed by atoms with Gasteiger partial charge in [-0.3, -0.25) is 15.4 Å². The van der Waals surface area contributed by atoms with Crippen molar-refractivity contribution in [1.82, 2.24) is 15.5 Å². The van der Waals surface area contributed by atoms with Gasteiger partial charge in [0.1, 0.15) is 0 Å². The van der Waals surface area contributed by atoms with Gasteiger partial charge in [0.05, 0.1) is 25.1 Å². The third kappa shape index (κ3) is 6.92. The molecule has 2 aliphatic heterocycles. The predicted octanol–water partition coefficient (Wildman–Crippen LogP) is 2.99. The number of likely N-dealkylation sites (tertiary alicyclic amines) is 1. The van der Waals surface area contributed by atoms with E-state index < -0.39 is 12.2 Å². The van der Waals surface area contributed by atoms with Crippen molar-refractivity contribution in [2.75, 3.05) is 32.6 Å². The summed E-state index contributed by atoms with van der Waals surface area (Å²) in [5.41, 5.74) is 1.30. The lowest BCUT2D eigenvalue weighted by molar-refractivity contribution is -0.132. The monoisotopic (exact) mass is 413 g/mol. The van der Waals surface area contributed by atoms with Crippen molar-refractivity contribution < 1.29 is 23.9 Å². The molecule has 0 aromatic rings. The largest absolute Gasteiger partial charge is 0.453 e. The van der Waals surface area contributed by atoms with Crippen LogP contribution in [0.3, 0.4) is 0 Å². The number of rotatable bonds is 8. The molecular formula is C19H31N3O5S. The molecule has 2 N–H and O–H groups in total. The van der Waals surface area contributed by atoms with E-state index in [1.54, 1.807) is 18.7 Å². The highest BCUT2D eigenvalue weighted by Crippen LogP contribution is 2.33. The molecule has 2 rings (SSSR count). The Morgan fingerprint density at radius 3 is 2.54 bits per heavy atom. The number of unbranched alkanes of at least 4 members (excludes halogenated alkanes) is 1. The molecule has 2 heterocycles. The zero-order valence-electron chi connectivity index (χ0n) is 16.8. The summed E-state index contributed by atoms with van der Waals surface area (Å²) < 4.78 is 9.62. The Morgan fingerprint density at radius 1 is 1.11 bits per heavy atom. The maximum atomic E-state index is 12.3. The summed E-state index contributed by atoms with van der Waals surface area (Å²) in [5, 5.41) is 5.48. The van der Waals surface area contributed by atoms with Crippen molar-refractivity contribution in [3.8, 4) is 0 Å². The Kier molecular flexibility index (Phi) is 9.46. The van der Waals surface area contributed by atoms with Gasteiger partial charge < -0.3 is 14.4 Å². The SMILES string of the molecule is CCOC(=O)NC1=C(NC(=O)OC)CSC1CCCCC(=O)N1CCCCC1. The zero-order chi connectivity index (χ0) is 20.4. The van der Waals surface area contributed by atoms with E-state index in [0.29, 0.717) is 23.6 Å². The lowest BCUT2D eigenvalue weighted by Crippen LogP contribution is -2.35. The van der Waals surface area contributed by atoms with Crippen LogP contribution in [0, 0.1) is 0 Å². The van der Waals surface area contributed by atoms with Gasteiger partial charge in [-0.15, -0.1) is 11.8 Å². The average Bonchev–Trinajstić information content (AvgIpc) is 3.07. The Labute approximate surface area is 170 Å². The average molecular weight is 414 g/mol. The van der Waals surface area contributed by atoms with Crippen molar-refractivity contribution in [2.45, 2.75) is 57.1 Å². The summed E-state index contributed by atoms with van der Waals surface area (Å²) in [6.45, 7) is 3.78. The maximum Gasteiger partial charge on any atom is 0.411 e. The highest BCUT2D eigenvalue weighted by Gasteiger charge is 2.29. The molecule has 0 radical (unpaired) electrons. The van der Waals surface area contributed by atoms with Gasteiger partial charge in [0, 0.05) is 30.5 Å². The number of carbonyl (C=O) groups excluding carboxylic acids is 3. The number of carbonyl (C=O) groups is 3. The Hall–Kier alpha value is -1.90. The number of hydrogen-bond acceptors (Lipinski definition) is 6. The second-order valence-corrected chi connectivity index (χ2v) is 8.03. The number of alkyl carbamates (subject to hydrolysis) is 2. The molecule has 8 nitrogen and oxygen atoms in total. The van der Waals surface area contributed by atoms with E-state index in [0.717, 1.165) is 45.2 Å². The summed E-state index contributed by atoms with van der Waals surface area (Å²) >= 11 is 1.65. The number of piperidine rings is 1. The first-order valence-corrected chi connectivity index (χ1v) is 11.0. The van der Waals surface area contributed by atoms with Gasteiger partial charge in [-0.1, -0.05) is 6.42 Å². The molecule has 0 aliphatic carbocycles. The van der Waals surface area contributed by atoms with Crippen LogP contribution in [0.5, 0.6) is 0 Å². The molecule has 3 amide bonds. The van der Waals surface area contributed by atoms with E-state index in [2.05, 4.69) is 15.4 Å². The summed E-state index contributed by atoms with van der Waals surface area (Å²) in [5.74, 6) is 0.820. The molecule has 0 aromatic carbocycles. The lowest BCUT2D eigenvalue weighted by atomic mass is 10.1. The van der Waals surface area contributed by atoms with E-state index >= 15 is 0 Å². The zero-order valence-corrected chi connectivity index (χ0v) is 17.6. The number of amides is 3. The van der Waals surface area contributed by atoms with Gasteiger partial charge in [-0.2, -0.15) is 0 Å². The smallest absolute Gasteiger partial charge is 0.411 e. The minimum absolute atomic E-state index is 0.0432. The maximum absolute atomic E-state index is 12.3. The van der Waals surface area contributed by atoms with Gasteiger partial charge in [0.15, 0.2) is 0 Å². The van der Waals surface area contributed by atoms with Crippen LogP contribution in [-0.4, -0.2) is 60.8 Å². The normalized spacial score (nSPS) is 19.4. The molecule has 28 heavy (non-hydrogen) atoms. The van der Waals surface area contributed by atoms with E-state index in [1.165, 1.54) is 13.5 Å². The van der Waals surface area contributed by atoms with Gasteiger partial charge in [-0.05, 0) is 39.0 Å². The summed E-state index contributed by atoms with van der Waals surface area (Å²) in [6, 6.07) is 0. The van der Waals surface area contributed by atoms with Crippen LogP contribution in [0.15, 0.2) is 11.4 Å². The van der Waals surface area contributed by atoms with Crippen LogP contribution in [0.25, 0.3) is 0 Å². The molecule has 0 spiro atoms. The van der Waals surface area contributed by atoms with E-state index in [-0.39, 0.29) is 17.8 Å². The first-order valence-electron chi connectivity index (χ1n) is 9.96. The van der Waals surface area contributed by atoms with Crippen molar-refractivity contribution in [3.63, 3.8) is 0 Å². The van der Waals surface area contributed by atoms with Crippen LogP contribution >= 0.6 is 11.8 Å². The molecule has 0 bridgehead atoms. The third-order valence-corrected chi connectivity index (χ3v) is 6.17. The molecule has 1 saturated heterocycles. The Morgan fingerprint density at radius 2 is 1.86 bits per heavy atom. The van der Waals surface area contributed by atoms with Gasteiger partial charge in [-0.25, -0.2) is 9.59 Å².